The van der Waals surface area contributed by atoms with E-state index < -0.39 is 6.04 Å². The third kappa shape index (κ3) is 4.93. The zero-order chi connectivity index (χ0) is 15.9. The standard InChI is InChI=1S/C17H18N2O2S/c1-12(18-13(2)20)17(21)19-14-7-6-10-16(11-14)22-15-8-4-3-5-9-15/h3-12H,1-2H3,(H,18,20)(H,19,21)/t12-/m0/s1. The molecule has 0 unspecified atom stereocenters. The molecule has 0 aliphatic heterocycles. The fourth-order valence-corrected chi connectivity index (χ4v) is 2.78. The molecule has 0 saturated carbocycles. The van der Waals surface area contributed by atoms with Gasteiger partial charge in [-0.15, -0.1) is 0 Å². The van der Waals surface area contributed by atoms with Crippen LogP contribution in [0.4, 0.5) is 5.69 Å². The minimum Gasteiger partial charge on any atom is -0.345 e. The summed E-state index contributed by atoms with van der Waals surface area (Å²) in [6, 6.07) is 17.1. The molecular formula is C17H18N2O2S. The second-order valence-corrected chi connectivity index (χ2v) is 6.00. The van der Waals surface area contributed by atoms with E-state index in [0.29, 0.717) is 5.69 Å². The minimum atomic E-state index is -0.567. The predicted molar refractivity (Wildman–Crippen MR) is 88.9 cm³/mol. The highest BCUT2D eigenvalue weighted by atomic mass is 32.2. The topological polar surface area (TPSA) is 58.2 Å². The van der Waals surface area contributed by atoms with Crippen LogP contribution in [0, 0.1) is 0 Å². The predicted octanol–water partition coefficient (Wildman–Crippen LogP) is 3.30. The van der Waals surface area contributed by atoms with Gasteiger partial charge in [-0.25, -0.2) is 0 Å². The smallest absolute Gasteiger partial charge is 0.246 e. The lowest BCUT2D eigenvalue weighted by atomic mass is 10.2. The van der Waals surface area contributed by atoms with Crippen molar-refractivity contribution in [3.05, 3.63) is 54.6 Å². The Kier molecular flexibility index (Phi) is 5.61. The fraction of sp³-hybridized carbons (Fsp3) is 0.176. The summed E-state index contributed by atoms with van der Waals surface area (Å²) >= 11 is 1.63. The van der Waals surface area contributed by atoms with Crippen molar-refractivity contribution >= 4 is 29.3 Å². The summed E-state index contributed by atoms with van der Waals surface area (Å²) in [4.78, 5) is 25.1. The molecule has 22 heavy (non-hydrogen) atoms. The van der Waals surface area contributed by atoms with Gasteiger partial charge in [0.25, 0.3) is 0 Å². The van der Waals surface area contributed by atoms with Crippen LogP contribution in [0.1, 0.15) is 13.8 Å². The summed E-state index contributed by atoms with van der Waals surface area (Å²) < 4.78 is 0. The first-order chi connectivity index (χ1) is 10.5. The van der Waals surface area contributed by atoms with Crippen LogP contribution < -0.4 is 10.6 Å². The average molecular weight is 314 g/mol. The second kappa shape index (κ2) is 7.66. The molecule has 1 atom stereocenters. The highest BCUT2D eigenvalue weighted by Gasteiger charge is 2.13. The molecule has 0 fully saturated rings. The molecule has 0 aromatic heterocycles. The number of amides is 2. The van der Waals surface area contributed by atoms with Gasteiger partial charge >= 0.3 is 0 Å². The van der Waals surface area contributed by atoms with Crippen LogP contribution in [0.3, 0.4) is 0 Å². The first-order valence-corrected chi connectivity index (χ1v) is 7.77. The summed E-state index contributed by atoms with van der Waals surface area (Å²) in [5.41, 5.74) is 0.711. The maximum absolute atomic E-state index is 12.0. The molecule has 0 spiro atoms. The Hall–Kier alpha value is -2.27. The quantitative estimate of drug-likeness (QED) is 0.890. The lowest BCUT2D eigenvalue weighted by Gasteiger charge is -2.13. The summed E-state index contributed by atoms with van der Waals surface area (Å²) in [5.74, 6) is -0.465. The summed E-state index contributed by atoms with van der Waals surface area (Å²) in [7, 11) is 0. The van der Waals surface area contributed by atoms with Crippen molar-refractivity contribution in [2.45, 2.75) is 29.7 Å². The molecule has 4 nitrogen and oxygen atoms in total. The number of benzene rings is 2. The zero-order valence-corrected chi connectivity index (χ0v) is 13.3. The molecule has 0 aliphatic carbocycles. The van der Waals surface area contributed by atoms with E-state index in [1.54, 1.807) is 18.7 Å². The van der Waals surface area contributed by atoms with Crippen molar-refractivity contribution < 1.29 is 9.59 Å². The van der Waals surface area contributed by atoms with Crippen molar-refractivity contribution in [1.82, 2.24) is 5.32 Å². The van der Waals surface area contributed by atoms with E-state index >= 15 is 0 Å². The number of carbonyl (C=O) groups excluding carboxylic acids is 2. The Morgan fingerprint density at radius 2 is 1.68 bits per heavy atom. The Morgan fingerprint density at radius 3 is 2.36 bits per heavy atom. The maximum atomic E-state index is 12.0. The minimum absolute atomic E-state index is 0.226. The molecule has 0 aliphatic rings. The Labute approximate surface area is 134 Å². The van der Waals surface area contributed by atoms with E-state index in [9.17, 15) is 9.59 Å². The van der Waals surface area contributed by atoms with Gasteiger partial charge in [-0.2, -0.15) is 0 Å². The van der Waals surface area contributed by atoms with Crippen molar-refractivity contribution in [2.24, 2.45) is 0 Å². The average Bonchev–Trinajstić information content (AvgIpc) is 2.48. The van der Waals surface area contributed by atoms with Gasteiger partial charge in [0.15, 0.2) is 0 Å². The Morgan fingerprint density at radius 1 is 1.00 bits per heavy atom. The molecule has 2 amide bonds. The van der Waals surface area contributed by atoms with Crippen LogP contribution in [0.25, 0.3) is 0 Å². The SMILES string of the molecule is CC(=O)N[C@@H](C)C(=O)Nc1cccc(Sc2ccccc2)c1. The van der Waals surface area contributed by atoms with Crippen molar-refractivity contribution in [3.8, 4) is 0 Å². The normalized spacial score (nSPS) is 11.5. The van der Waals surface area contributed by atoms with Crippen LogP contribution in [0.15, 0.2) is 64.4 Å². The molecular weight excluding hydrogens is 296 g/mol. The summed E-state index contributed by atoms with van der Waals surface area (Å²) in [6.07, 6.45) is 0. The monoisotopic (exact) mass is 314 g/mol. The number of hydrogen-bond acceptors (Lipinski definition) is 3. The third-order valence-corrected chi connectivity index (χ3v) is 3.89. The van der Waals surface area contributed by atoms with Gasteiger partial charge in [0.1, 0.15) is 6.04 Å². The molecule has 2 N–H and O–H groups in total. The highest BCUT2D eigenvalue weighted by Crippen LogP contribution is 2.29. The number of carbonyl (C=O) groups is 2. The molecule has 5 heteroatoms. The molecule has 0 bridgehead atoms. The lowest BCUT2D eigenvalue weighted by Crippen LogP contribution is -2.40. The Bertz CT molecular complexity index is 659. The van der Waals surface area contributed by atoms with E-state index in [1.807, 2.05) is 54.6 Å². The first-order valence-electron chi connectivity index (χ1n) is 6.95. The molecule has 2 aromatic rings. The summed E-state index contributed by atoms with van der Waals surface area (Å²) in [5, 5.41) is 5.37. The van der Waals surface area contributed by atoms with Crippen LogP contribution >= 0.6 is 11.8 Å². The van der Waals surface area contributed by atoms with Gasteiger partial charge in [0.05, 0.1) is 0 Å². The number of hydrogen-bond donors (Lipinski definition) is 2. The van der Waals surface area contributed by atoms with Crippen LogP contribution in [-0.2, 0) is 9.59 Å². The lowest BCUT2D eigenvalue weighted by molar-refractivity contribution is -0.124. The number of nitrogens with one attached hydrogen (secondary N) is 2. The van der Waals surface area contributed by atoms with Crippen LogP contribution in [0.5, 0.6) is 0 Å². The van der Waals surface area contributed by atoms with Crippen molar-refractivity contribution in [2.75, 3.05) is 5.32 Å². The maximum Gasteiger partial charge on any atom is 0.246 e. The van der Waals surface area contributed by atoms with Gasteiger partial charge in [0.2, 0.25) is 11.8 Å². The Balaban J connectivity index is 2.02. The van der Waals surface area contributed by atoms with Crippen molar-refractivity contribution in [3.63, 3.8) is 0 Å². The molecule has 0 radical (unpaired) electrons. The van der Waals surface area contributed by atoms with Crippen LogP contribution in [-0.4, -0.2) is 17.9 Å². The molecule has 2 aromatic carbocycles. The van der Waals surface area contributed by atoms with E-state index in [-0.39, 0.29) is 11.8 Å². The van der Waals surface area contributed by atoms with Gasteiger partial charge in [-0.1, -0.05) is 36.0 Å². The first kappa shape index (κ1) is 16.1. The zero-order valence-electron chi connectivity index (χ0n) is 12.5. The fourth-order valence-electron chi connectivity index (χ4n) is 1.88. The number of rotatable bonds is 5. The highest BCUT2D eigenvalue weighted by molar-refractivity contribution is 7.99. The largest absolute Gasteiger partial charge is 0.345 e. The van der Waals surface area contributed by atoms with E-state index in [4.69, 9.17) is 0 Å². The van der Waals surface area contributed by atoms with Crippen LogP contribution in [0.2, 0.25) is 0 Å². The molecule has 114 valence electrons. The van der Waals surface area contributed by atoms with Gasteiger partial charge in [0, 0.05) is 22.4 Å². The number of anilines is 1. The summed E-state index contributed by atoms with van der Waals surface area (Å²) in [6.45, 7) is 3.04. The van der Waals surface area contributed by atoms with Gasteiger partial charge in [-0.05, 0) is 37.3 Å². The third-order valence-electron chi connectivity index (χ3n) is 2.89. The van der Waals surface area contributed by atoms with E-state index in [0.717, 1.165) is 9.79 Å². The van der Waals surface area contributed by atoms with E-state index in [2.05, 4.69) is 10.6 Å². The van der Waals surface area contributed by atoms with Gasteiger partial charge in [-0.3, -0.25) is 9.59 Å². The van der Waals surface area contributed by atoms with Gasteiger partial charge < -0.3 is 10.6 Å². The van der Waals surface area contributed by atoms with Crippen molar-refractivity contribution in [1.29, 1.82) is 0 Å². The molecule has 0 heterocycles. The second-order valence-electron chi connectivity index (χ2n) is 4.85. The molecule has 0 saturated heterocycles. The van der Waals surface area contributed by atoms with E-state index in [1.165, 1.54) is 6.92 Å². The molecule has 2 rings (SSSR count).